The van der Waals surface area contributed by atoms with Crippen LogP contribution in [0.3, 0.4) is 0 Å². The zero-order chi connectivity index (χ0) is 24.0. The molecule has 0 amide bonds. The Bertz CT molecular complexity index is 1080. The number of piperazine rings is 1. The zero-order valence-corrected chi connectivity index (χ0v) is 20.6. The number of methoxy groups -OCH3 is 1. The van der Waals surface area contributed by atoms with E-state index in [-0.39, 0.29) is 0 Å². The Morgan fingerprint density at radius 1 is 0.857 bits per heavy atom. The van der Waals surface area contributed by atoms with Gasteiger partial charge in [-0.25, -0.2) is 0 Å². The summed E-state index contributed by atoms with van der Waals surface area (Å²) in [6.45, 7) is 3.76. The average molecular weight is 473 g/mol. The topological polar surface area (TPSA) is 45.2 Å². The molecule has 0 bridgehead atoms. The molecular formula is C30H36N2O3. The molecule has 1 saturated heterocycles. The SMILES string of the molecule is COc1ccc(N2CCN(Cc3ccc(O)cc3)[C@@H](Cc3ccccc3)C2)cc1OC1CCCC1. The molecule has 0 aromatic heterocycles. The van der Waals surface area contributed by atoms with Gasteiger partial charge in [0, 0.05) is 44.0 Å². The number of phenols is 1. The first-order valence-electron chi connectivity index (χ1n) is 12.8. The normalized spacial score (nSPS) is 19.1. The van der Waals surface area contributed by atoms with Gasteiger partial charge in [-0.1, -0.05) is 42.5 Å². The highest BCUT2D eigenvalue weighted by atomic mass is 16.5. The molecule has 0 unspecified atom stereocenters. The second kappa shape index (κ2) is 11.0. The molecular weight excluding hydrogens is 436 g/mol. The molecule has 3 aromatic carbocycles. The third-order valence-corrected chi connectivity index (χ3v) is 7.35. The number of nitrogens with zero attached hydrogens (tertiary/aromatic N) is 2. The minimum atomic E-state index is 0.298. The number of anilines is 1. The molecule has 1 saturated carbocycles. The van der Waals surface area contributed by atoms with Crippen molar-refractivity contribution in [2.75, 3.05) is 31.6 Å². The molecule has 2 aliphatic rings. The van der Waals surface area contributed by atoms with Crippen molar-refractivity contribution >= 4 is 5.69 Å². The van der Waals surface area contributed by atoms with Gasteiger partial charge in [0.15, 0.2) is 11.5 Å². The Morgan fingerprint density at radius 3 is 2.37 bits per heavy atom. The standard InChI is InChI=1S/C30H36N2O3/c1-34-29-16-13-25(20-30(29)35-28-9-5-6-10-28)32-18-17-31(21-24-11-14-27(33)15-12-24)26(22-32)19-23-7-3-2-4-8-23/h2-4,7-8,11-16,20,26,28,33H,5-6,9-10,17-19,21-22H2,1H3/t26-/m0/s1. The predicted octanol–water partition coefficient (Wildman–Crippen LogP) is 5.66. The number of rotatable bonds is 8. The Hall–Kier alpha value is -3.18. The lowest BCUT2D eigenvalue weighted by Crippen LogP contribution is -2.53. The molecule has 0 radical (unpaired) electrons. The number of hydrogen-bond acceptors (Lipinski definition) is 5. The lowest BCUT2D eigenvalue weighted by molar-refractivity contribution is 0.167. The second-order valence-electron chi connectivity index (χ2n) is 9.79. The lowest BCUT2D eigenvalue weighted by Gasteiger charge is -2.43. The Morgan fingerprint density at radius 2 is 1.63 bits per heavy atom. The predicted molar refractivity (Wildman–Crippen MR) is 141 cm³/mol. The smallest absolute Gasteiger partial charge is 0.163 e. The molecule has 1 heterocycles. The van der Waals surface area contributed by atoms with Crippen LogP contribution in [0.2, 0.25) is 0 Å². The lowest BCUT2D eigenvalue weighted by atomic mass is 10.0. The van der Waals surface area contributed by atoms with Gasteiger partial charge in [-0.15, -0.1) is 0 Å². The van der Waals surface area contributed by atoms with Crippen LogP contribution >= 0.6 is 0 Å². The largest absolute Gasteiger partial charge is 0.508 e. The molecule has 1 atom stereocenters. The molecule has 184 valence electrons. The van der Waals surface area contributed by atoms with Gasteiger partial charge in [-0.3, -0.25) is 4.90 Å². The second-order valence-corrected chi connectivity index (χ2v) is 9.79. The molecule has 1 aliphatic carbocycles. The fourth-order valence-corrected chi connectivity index (χ4v) is 5.39. The van der Waals surface area contributed by atoms with E-state index in [1.807, 2.05) is 12.1 Å². The molecule has 3 aromatic rings. The van der Waals surface area contributed by atoms with Crippen molar-refractivity contribution in [2.45, 2.75) is 50.8 Å². The summed E-state index contributed by atoms with van der Waals surface area (Å²) in [5.74, 6) is 1.99. The first-order valence-corrected chi connectivity index (χ1v) is 12.8. The van der Waals surface area contributed by atoms with Gasteiger partial charge >= 0.3 is 0 Å². The molecule has 1 aliphatic heterocycles. The van der Waals surface area contributed by atoms with Crippen molar-refractivity contribution < 1.29 is 14.6 Å². The summed E-state index contributed by atoms with van der Waals surface area (Å²) >= 11 is 0. The van der Waals surface area contributed by atoms with Crippen LogP contribution in [-0.2, 0) is 13.0 Å². The Balaban J connectivity index is 1.35. The quantitative estimate of drug-likeness (QED) is 0.459. The van der Waals surface area contributed by atoms with Gasteiger partial charge in [0.25, 0.3) is 0 Å². The van der Waals surface area contributed by atoms with Crippen LogP contribution in [0.25, 0.3) is 0 Å². The van der Waals surface area contributed by atoms with E-state index in [2.05, 4.69) is 58.3 Å². The van der Waals surface area contributed by atoms with E-state index in [0.717, 1.165) is 56.9 Å². The maximum Gasteiger partial charge on any atom is 0.163 e. The zero-order valence-electron chi connectivity index (χ0n) is 20.6. The van der Waals surface area contributed by atoms with Crippen molar-refractivity contribution in [1.82, 2.24) is 4.90 Å². The van der Waals surface area contributed by atoms with Gasteiger partial charge in [0.2, 0.25) is 0 Å². The van der Waals surface area contributed by atoms with Crippen molar-refractivity contribution in [3.63, 3.8) is 0 Å². The molecule has 35 heavy (non-hydrogen) atoms. The van der Waals surface area contributed by atoms with E-state index in [0.29, 0.717) is 17.9 Å². The maximum atomic E-state index is 9.68. The average Bonchev–Trinajstić information content (AvgIpc) is 3.40. The monoisotopic (exact) mass is 472 g/mol. The van der Waals surface area contributed by atoms with Crippen molar-refractivity contribution in [2.24, 2.45) is 0 Å². The molecule has 5 rings (SSSR count). The highest BCUT2D eigenvalue weighted by Gasteiger charge is 2.28. The fourth-order valence-electron chi connectivity index (χ4n) is 5.39. The van der Waals surface area contributed by atoms with Crippen LogP contribution in [-0.4, -0.2) is 48.9 Å². The summed E-state index contributed by atoms with van der Waals surface area (Å²) in [6, 6.07) is 25.1. The first kappa shape index (κ1) is 23.6. The summed E-state index contributed by atoms with van der Waals surface area (Å²) in [4.78, 5) is 5.07. The third-order valence-electron chi connectivity index (χ3n) is 7.35. The molecule has 1 N–H and O–H groups in total. The summed E-state index contributed by atoms with van der Waals surface area (Å²) in [5, 5.41) is 9.68. The van der Waals surface area contributed by atoms with Gasteiger partial charge in [0.05, 0.1) is 13.2 Å². The number of hydrogen-bond donors (Lipinski definition) is 1. The van der Waals surface area contributed by atoms with Crippen LogP contribution < -0.4 is 14.4 Å². The van der Waals surface area contributed by atoms with Crippen LogP contribution in [0.15, 0.2) is 72.8 Å². The van der Waals surface area contributed by atoms with E-state index in [1.165, 1.54) is 29.7 Å². The minimum absolute atomic E-state index is 0.298. The van der Waals surface area contributed by atoms with Crippen LogP contribution in [0.5, 0.6) is 17.2 Å². The Labute approximate surface area is 208 Å². The summed E-state index contributed by atoms with van der Waals surface area (Å²) in [5.41, 5.74) is 3.78. The fraction of sp³-hybridized carbons (Fsp3) is 0.400. The number of phenolic OH excluding ortho intramolecular Hbond substituents is 1. The molecule has 2 fully saturated rings. The van der Waals surface area contributed by atoms with E-state index >= 15 is 0 Å². The Kier molecular flexibility index (Phi) is 7.43. The number of ether oxygens (including phenoxy) is 2. The molecule has 5 heteroatoms. The minimum Gasteiger partial charge on any atom is -0.508 e. The van der Waals surface area contributed by atoms with Gasteiger partial charge in [-0.2, -0.15) is 0 Å². The van der Waals surface area contributed by atoms with E-state index in [1.54, 1.807) is 19.2 Å². The summed E-state index contributed by atoms with van der Waals surface area (Å²) in [7, 11) is 1.72. The van der Waals surface area contributed by atoms with Crippen LogP contribution in [0, 0.1) is 0 Å². The van der Waals surface area contributed by atoms with Crippen molar-refractivity contribution in [3.05, 3.63) is 83.9 Å². The van der Waals surface area contributed by atoms with Gasteiger partial charge < -0.3 is 19.5 Å². The van der Waals surface area contributed by atoms with Gasteiger partial charge in [-0.05, 0) is 67.5 Å². The molecule has 5 nitrogen and oxygen atoms in total. The number of aromatic hydroxyl groups is 1. The maximum absolute atomic E-state index is 9.68. The van der Waals surface area contributed by atoms with E-state index in [9.17, 15) is 5.11 Å². The summed E-state index contributed by atoms with van der Waals surface area (Å²) < 4.78 is 12.0. The highest BCUT2D eigenvalue weighted by Crippen LogP contribution is 2.36. The van der Waals surface area contributed by atoms with E-state index in [4.69, 9.17) is 9.47 Å². The van der Waals surface area contributed by atoms with Crippen molar-refractivity contribution in [1.29, 1.82) is 0 Å². The van der Waals surface area contributed by atoms with E-state index < -0.39 is 0 Å². The summed E-state index contributed by atoms with van der Waals surface area (Å²) in [6.07, 6.45) is 6.04. The van der Waals surface area contributed by atoms with Crippen molar-refractivity contribution in [3.8, 4) is 17.2 Å². The van der Waals surface area contributed by atoms with Gasteiger partial charge in [0.1, 0.15) is 5.75 Å². The van der Waals surface area contributed by atoms with Crippen LogP contribution in [0.1, 0.15) is 36.8 Å². The first-order chi connectivity index (χ1) is 17.2. The van der Waals surface area contributed by atoms with Crippen LogP contribution in [0.4, 0.5) is 5.69 Å². The highest BCUT2D eigenvalue weighted by molar-refractivity contribution is 5.57. The molecule has 0 spiro atoms. The number of benzene rings is 3. The third kappa shape index (κ3) is 5.91.